The number of aromatic nitrogens is 3. The molecule has 0 spiro atoms. The van der Waals surface area contributed by atoms with Crippen LogP contribution in [0.4, 0.5) is 0 Å². The summed E-state index contributed by atoms with van der Waals surface area (Å²) < 4.78 is 6.26. The van der Waals surface area contributed by atoms with Crippen LogP contribution < -0.4 is 0 Å². The fourth-order valence-electron chi connectivity index (χ4n) is 2.28. The highest BCUT2D eigenvalue weighted by Gasteiger charge is 2.31. The van der Waals surface area contributed by atoms with Gasteiger partial charge in [0.05, 0.1) is 6.26 Å². The average Bonchev–Trinajstić information content (AvgIpc) is 3.16. The third-order valence-electron chi connectivity index (χ3n) is 3.25. The number of benzene rings is 1. The number of carboxylic acid groups (broad SMARTS) is 2. The number of hydrogen-bond donors (Lipinski definition) is 2. The summed E-state index contributed by atoms with van der Waals surface area (Å²) in [4.78, 5) is 23.1. The normalized spacial score (nSPS) is 12.0. The van der Waals surface area contributed by atoms with Crippen LogP contribution in [0.15, 0.2) is 53.1 Å². The first-order valence-corrected chi connectivity index (χ1v) is 6.59. The van der Waals surface area contributed by atoms with Gasteiger partial charge in [0.15, 0.2) is 11.8 Å². The van der Waals surface area contributed by atoms with E-state index in [9.17, 15) is 19.8 Å². The first kappa shape index (κ1) is 14.5. The standard InChI is InChI=1S/C15H11N3O5/c19-14(20)11-13(10-7-4-8-23-10)18(17-16-11)12(15(21)22)9-5-2-1-3-6-9/h1-8,12H,(H,19,20)(H,21,22). The van der Waals surface area contributed by atoms with Gasteiger partial charge in [0, 0.05) is 0 Å². The van der Waals surface area contributed by atoms with Crippen molar-refractivity contribution in [2.75, 3.05) is 0 Å². The lowest BCUT2D eigenvalue weighted by Gasteiger charge is -2.14. The highest BCUT2D eigenvalue weighted by molar-refractivity contribution is 5.92. The Kier molecular flexibility index (Phi) is 3.63. The smallest absolute Gasteiger partial charge is 0.358 e. The third-order valence-corrected chi connectivity index (χ3v) is 3.25. The second-order valence-corrected chi connectivity index (χ2v) is 4.67. The minimum Gasteiger partial charge on any atom is -0.479 e. The number of carbonyl (C=O) groups is 2. The number of nitrogens with zero attached hydrogens (tertiary/aromatic N) is 3. The van der Waals surface area contributed by atoms with Crippen LogP contribution in [0.25, 0.3) is 11.5 Å². The van der Waals surface area contributed by atoms with Crippen LogP contribution in [0.1, 0.15) is 22.1 Å². The number of rotatable bonds is 5. The topological polar surface area (TPSA) is 118 Å². The van der Waals surface area contributed by atoms with E-state index in [0.717, 1.165) is 4.68 Å². The Morgan fingerprint density at radius 2 is 1.83 bits per heavy atom. The van der Waals surface area contributed by atoms with Crippen molar-refractivity contribution in [3.8, 4) is 11.5 Å². The number of hydrogen-bond acceptors (Lipinski definition) is 5. The quantitative estimate of drug-likeness (QED) is 0.738. The van der Waals surface area contributed by atoms with E-state index in [4.69, 9.17) is 4.42 Å². The fraction of sp³-hybridized carbons (Fsp3) is 0.0667. The molecule has 23 heavy (non-hydrogen) atoms. The monoisotopic (exact) mass is 313 g/mol. The van der Waals surface area contributed by atoms with Crippen LogP contribution in [0.3, 0.4) is 0 Å². The van der Waals surface area contributed by atoms with Crippen LogP contribution in [0.5, 0.6) is 0 Å². The highest BCUT2D eigenvalue weighted by Crippen LogP contribution is 2.28. The first-order valence-electron chi connectivity index (χ1n) is 6.59. The van der Waals surface area contributed by atoms with Crippen LogP contribution in [0, 0.1) is 0 Å². The number of aromatic carboxylic acids is 1. The van der Waals surface area contributed by atoms with Gasteiger partial charge in [-0.3, -0.25) is 0 Å². The molecule has 3 rings (SSSR count). The van der Waals surface area contributed by atoms with Crippen LogP contribution in [-0.4, -0.2) is 37.1 Å². The Morgan fingerprint density at radius 1 is 1.09 bits per heavy atom. The van der Waals surface area contributed by atoms with Gasteiger partial charge in [-0.2, -0.15) is 0 Å². The molecule has 0 aliphatic rings. The molecule has 1 atom stereocenters. The minimum absolute atomic E-state index is 0.00115. The van der Waals surface area contributed by atoms with E-state index in [1.165, 1.54) is 12.3 Å². The van der Waals surface area contributed by atoms with Crippen molar-refractivity contribution < 1.29 is 24.2 Å². The summed E-state index contributed by atoms with van der Waals surface area (Å²) in [6.07, 6.45) is 1.36. The molecule has 1 aromatic carbocycles. The minimum atomic E-state index is -1.32. The zero-order chi connectivity index (χ0) is 16.4. The number of furan rings is 1. The highest BCUT2D eigenvalue weighted by atomic mass is 16.4. The molecular weight excluding hydrogens is 302 g/mol. The van der Waals surface area contributed by atoms with Gasteiger partial charge in [-0.15, -0.1) is 5.10 Å². The van der Waals surface area contributed by atoms with Crippen molar-refractivity contribution in [2.45, 2.75) is 6.04 Å². The molecule has 0 fully saturated rings. The summed E-state index contributed by atoms with van der Waals surface area (Å²) in [6.45, 7) is 0. The van der Waals surface area contributed by atoms with Gasteiger partial charge < -0.3 is 14.6 Å². The molecule has 0 aliphatic heterocycles. The molecule has 0 saturated heterocycles. The van der Waals surface area contributed by atoms with Crippen molar-refractivity contribution >= 4 is 11.9 Å². The molecular formula is C15H11N3O5. The molecule has 0 aliphatic carbocycles. The summed E-state index contributed by atoms with van der Waals surface area (Å²) >= 11 is 0. The predicted molar refractivity (Wildman–Crippen MR) is 76.9 cm³/mol. The van der Waals surface area contributed by atoms with Gasteiger partial charge in [0.1, 0.15) is 5.69 Å². The molecule has 0 saturated carbocycles. The van der Waals surface area contributed by atoms with Crippen LogP contribution >= 0.6 is 0 Å². The van der Waals surface area contributed by atoms with E-state index >= 15 is 0 Å². The van der Waals surface area contributed by atoms with Gasteiger partial charge in [-0.05, 0) is 17.7 Å². The van der Waals surface area contributed by atoms with E-state index in [0.29, 0.717) is 5.56 Å². The molecule has 2 heterocycles. The maximum atomic E-state index is 11.7. The lowest BCUT2D eigenvalue weighted by Crippen LogP contribution is -2.22. The zero-order valence-corrected chi connectivity index (χ0v) is 11.7. The van der Waals surface area contributed by atoms with E-state index in [-0.39, 0.29) is 17.1 Å². The Balaban J connectivity index is 2.22. The van der Waals surface area contributed by atoms with Gasteiger partial charge >= 0.3 is 11.9 Å². The fourth-order valence-corrected chi connectivity index (χ4v) is 2.28. The average molecular weight is 313 g/mol. The summed E-state index contributed by atoms with van der Waals surface area (Å²) in [5.74, 6) is -2.33. The molecule has 0 amide bonds. The van der Waals surface area contributed by atoms with Crippen LogP contribution in [-0.2, 0) is 4.79 Å². The molecule has 8 nitrogen and oxygen atoms in total. The van der Waals surface area contributed by atoms with Crippen LogP contribution in [0.2, 0.25) is 0 Å². The molecule has 116 valence electrons. The Morgan fingerprint density at radius 3 is 2.39 bits per heavy atom. The summed E-state index contributed by atoms with van der Waals surface area (Å²) in [7, 11) is 0. The van der Waals surface area contributed by atoms with Gasteiger partial charge in [0.2, 0.25) is 5.69 Å². The summed E-state index contributed by atoms with van der Waals surface area (Å²) in [5, 5.41) is 26.2. The second-order valence-electron chi connectivity index (χ2n) is 4.67. The summed E-state index contributed by atoms with van der Waals surface area (Å²) in [5.41, 5.74) is 0.0653. The molecule has 8 heteroatoms. The second kappa shape index (κ2) is 5.76. The Labute approximate surface area is 129 Å². The number of aliphatic carboxylic acids is 1. The van der Waals surface area contributed by atoms with E-state index in [1.807, 2.05) is 0 Å². The van der Waals surface area contributed by atoms with Gasteiger partial charge in [-0.25, -0.2) is 14.3 Å². The predicted octanol–water partition coefficient (Wildman–Crippen LogP) is 1.91. The van der Waals surface area contributed by atoms with E-state index in [1.54, 1.807) is 36.4 Å². The molecule has 3 aromatic rings. The van der Waals surface area contributed by atoms with Gasteiger partial charge in [0.25, 0.3) is 0 Å². The SMILES string of the molecule is O=C(O)c1nnn(C(C(=O)O)c2ccccc2)c1-c1ccco1. The van der Waals surface area contributed by atoms with Crippen molar-refractivity contribution in [3.63, 3.8) is 0 Å². The molecule has 0 radical (unpaired) electrons. The first-order chi connectivity index (χ1) is 11.1. The van der Waals surface area contributed by atoms with E-state index in [2.05, 4.69) is 10.3 Å². The Hall–Kier alpha value is -3.42. The third kappa shape index (κ3) is 2.57. The molecule has 1 unspecified atom stereocenters. The molecule has 0 bridgehead atoms. The van der Waals surface area contributed by atoms with Crippen molar-refractivity contribution in [2.24, 2.45) is 0 Å². The molecule has 2 N–H and O–H groups in total. The molecule has 2 aromatic heterocycles. The van der Waals surface area contributed by atoms with E-state index < -0.39 is 18.0 Å². The zero-order valence-electron chi connectivity index (χ0n) is 11.7. The summed E-state index contributed by atoms with van der Waals surface area (Å²) in [6, 6.07) is 10.2. The lowest BCUT2D eigenvalue weighted by atomic mass is 10.1. The maximum absolute atomic E-state index is 11.7. The lowest BCUT2D eigenvalue weighted by molar-refractivity contribution is -0.139. The van der Waals surface area contributed by atoms with Crippen molar-refractivity contribution in [1.82, 2.24) is 15.0 Å². The van der Waals surface area contributed by atoms with Crippen molar-refractivity contribution in [3.05, 3.63) is 60.0 Å². The van der Waals surface area contributed by atoms with Crippen molar-refractivity contribution in [1.29, 1.82) is 0 Å². The Bertz CT molecular complexity index is 839. The largest absolute Gasteiger partial charge is 0.479 e. The maximum Gasteiger partial charge on any atom is 0.358 e. The van der Waals surface area contributed by atoms with Gasteiger partial charge in [-0.1, -0.05) is 35.5 Å². The number of carboxylic acids is 2.